The molecule has 0 unspecified atom stereocenters. The van der Waals surface area contributed by atoms with Gasteiger partial charge in [0.25, 0.3) is 0 Å². The predicted octanol–water partition coefficient (Wildman–Crippen LogP) is 4.54. The number of carbonyl (C=O) groups is 1. The molecule has 3 heteroatoms. The normalized spacial score (nSPS) is 10.0. The third kappa shape index (κ3) is 3.24. The Labute approximate surface area is 117 Å². The first-order valence-corrected chi connectivity index (χ1v) is 6.18. The van der Waals surface area contributed by atoms with Crippen molar-refractivity contribution in [2.45, 2.75) is 6.92 Å². The minimum absolute atomic E-state index is 0.345. The maximum Gasteiger partial charge on any atom is 0.308 e. The van der Waals surface area contributed by atoms with Gasteiger partial charge in [-0.25, -0.2) is 0 Å². The zero-order valence-corrected chi connectivity index (χ0v) is 11.3. The predicted molar refractivity (Wildman–Crippen MR) is 77.7 cm³/mol. The molecule has 0 bridgehead atoms. The Hall–Kier alpha value is -2.06. The molecule has 0 aliphatic carbocycles. The van der Waals surface area contributed by atoms with E-state index < -0.39 is 0 Å². The minimum Gasteiger partial charge on any atom is -0.427 e. The van der Waals surface area contributed by atoms with Crippen molar-refractivity contribution < 1.29 is 9.53 Å². The number of ether oxygens (including phenoxy) is 1. The lowest BCUT2D eigenvalue weighted by atomic mass is 9.99. The first-order valence-electron chi connectivity index (χ1n) is 5.80. The van der Waals surface area contributed by atoms with Gasteiger partial charge in [-0.2, -0.15) is 0 Å². The molecule has 2 aromatic carbocycles. The molecule has 0 N–H and O–H groups in total. The standard InChI is InChI=1S/C16H13ClO2/c1-11(19-12(2)18)15-5-3-4-6-16(15)13-7-9-14(17)10-8-13/h3-10H,1H2,2H3. The van der Waals surface area contributed by atoms with Crippen molar-refractivity contribution in [3.05, 3.63) is 65.7 Å². The van der Waals surface area contributed by atoms with Crippen LogP contribution in [0.2, 0.25) is 5.02 Å². The van der Waals surface area contributed by atoms with Crippen LogP contribution in [0.1, 0.15) is 12.5 Å². The molecule has 2 aromatic rings. The molecule has 0 aromatic heterocycles. The summed E-state index contributed by atoms with van der Waals surface area (Å²) in [6.07, 6.45) is 0. The van der Waals surface area contributed by atoms with Gasteiger partial charge < -0.3 is 4.74 Å². The summed E-state index contributed by atoms with van der Waals surface area (Å²) in [4.78, 5) is 11.0. The molecule has 96 valence electrons. The molecule has 2 nitrogen and oxygen atoms in total. The summed E-state index contributed by atoms with van der Waals surface area (Å²) in [5.41, 5.74) is 2.73. The summed E-state index contributed by atoms with van der Waals surface area (Å²) in [6.45, 7) is 5.16. The van der Waals surface area contributed by atoms with Gasteiger partial charge in [-0.3, -0.25) is 4.79 Å². The monoisotopic (exact) mass is 272 g/mol. The fourth-order valence-corrected chi connectivity index (χ4v) is 1.96. The highest BCUT2D eigenvalue weighted by Crippen LogP contribution is 2.29. The lowest BCUT2D eigenvalue weighted by molar-refractivity contribution is -0.134. The molecule has 0 aliphatic heterocycles. The molecule has 0 saturated heterocycles. The van der Waals surface area contributed by atoms with Crippen LogP contribution in [0.5, 0.6) is 0 Å². The first kappa shape index (κ1) is 13.4. The van der Waals surface area contributed by atoms with Crippen molar-refractivity contribution in [3.8, 4) is 11.1 Å². The number of carbonyl (C=O) groups excluding carboxylic acids is 1. The number of esters is 1. The van der Waals surface area contributed by atoms with Gasteiger partial charge in [0.1, 0.15) is 5.76 Å². The highest BCUT2D eigenvalue weighted by Gasteiger charge is 2.10. The molecule has 0 atom stereocenters. The van der Waals surface area contributed by atoms with Crippen molar-refractivity contribution in [2.24, 2.45) is 0 Å². The summed E-state index contributed by atoms with van der Waals surface area (Å²) >= 11 is 5.88. The number of benzene rings is 2. The van der Waals surface area contributed by atoms with E-state index in [1.165, 1.54) is 6.92 Å². The second kappa shape index (κ2) is 5.72. The lowest BCUT2D eigenvalue weighted by Gasteiger charge is -2.11. The van der Waals surface area contributed by atoms with Gasteiger partial charge in [-0.1, -0.05) is 54.6 Å². The molecule has 2 rings (SSSR count). The zero-order chi connectivity index (χ0) is 13.8. The maximum atomic E-state index is 11.0. The minimum atomic E-state index is -0.379. The van der Waals surface area contributed by atoms with Crippen LogP contribution in [0, 0.1) is 0 Å². The summed E-state index contributed by atoms with van der Waals surface area (Å²) in [7, 11) is 0. The number of hydrogen-bond donors (Lipinski definition) is 0. The van der Waals surface area contributed by atoms with Crippen molar-refractivity contribution in [3.63, 3.8) is 0 Å². The van der Waals surface area contributed by atoms with Crippen LogP contribution in [-0.4, -0.2) is 5.97 Å². The van der Waals surface area contributed by atoms with Gasteiger partial charge in [-0.05, 0) is 23.3 Å². The van der Waals surface area contributed by atoms with E-state index in [1.54, 1.807) is 0 Å². The average molecular weight is 273 g/mol. The van der Waals surface area contributed by atoms with Crippen molar-refractivity contribution in [1.29, 1.82) is 0 Å². The van der Waals surface area contributed by atoms with Gasteiger partial charge >= 0.3 is 5.97 Å². The van der Waals surface area contributed by atoms with Crippen LogP contribution in [0.3, 0.4) is 0 Å². The highest BCUT2D eigenvalue weighted by molar-refractivity contribution is 6.30. The Morgan fingerprint density at radius 1 is 1.11 bits per heavy atom. The Balaban J connectivity index is 2.44. The van der Waals surface area contributed by atoms with E-state index in [4.69, 9.17) is 16.3 Å². The quantitative estimate of drug-likeness (QED) is 0.606. The van der Waals surface area contributed by atoms with Crippen LogP contribution >= 0.6 is 11.6 Å². The second-order valence-electron chi connectivity index (χ2n) is 4.07. The fourth-order valence-electron chi connectivity index (χ4n) is 1.84. The molecule has 0 radical (unpaired) electrons. The van der Waals surface area contributed by atoms with Gasteiger partial charge in [0.2, 0.25) is 0 Å². The van der Waals surface area contributed by atoms with Gasteiger partial charge in [0, 0.05) is 17.5 Å². The van der Waals surface area contributed by atoms with Crippen molar-refractivity contribution in [2.75, 3.05) is 0 Å². The topological polar surface area (TPSA) is 26.3 Å². The SMILES string of the molecule is C=C(OC(C)=O)c1ccccc1-c1ccc(Cl)cc1. The molecular weight excluding hydrogens is 260 g/mol. The van der Waals surface area contributed by atoms with Crippen LogP contribution in [0.25, 0.3) is 16.9 Å². The van der Waals surface area contributed by atoms with E-state index in [1.807, 2.05) is 48.5 Å². The maximum absolute atomic E-state index is 11.0. The van der Waals surface area contributed by atoms with Crippen molar-refractivity contribution in [1.82, 2.24) is 0 Å². The average Bonchev–Trinajstić information content (AvgIpc) is 2.39. The lowest BCUT2D eigenvalue weighted by Crippen LogP contribution is -1.98. The van der Waals surface area contributed by atoms with E-state index in [2.05, 4.69) is 6.58 Å². The van der Waals surface area contributed by atoms with E-state index in [9.17, 15) is 4.79 Å². The van der Waals surface area contributed by atoms with Crippen LogP contribution in [-0.2, 0) is 9.53 Å². The Bertz CT molecular complexity index is 615. The first-order chi connectivity index (χ1) is 9.08. The molecule has 0 aliphatic rings. The van der Waals surface area contributed by atoms with Crippen LogP contribution in [0.15, 0.2) is 55.1 Å². The molecule has 0 fully saturated rings. The summed E-state index contributed by atoms with van der Waals surface area (Å²) < 4.78 is 5.06. The van der Waals surface area contributed by atoms with Gasteiger partial charge in [0.05, 0.1) is 0 Å². The van der Waals surface area contributed by atoms with Crippen LogP contribution in [0.4, 0.5) is 0 Å². The number of rotatable bonds is 3. The largest absolute Gasteiger partial charge is 0.427 e. The molecule has 19 heavy (non-hydrogen) atoms. The summed E-state index contributed by atoms with van der Waals surface area (Å²) in [6, 6.07) is 15.1. The summed E-state index contributed by atoms with van der Waals surface area (Å²) in [5, 5.41) is 0.681. The van der Waals surface area contributed by atoms with E-state index in [0.29, 0.717) is 10.8 Å². The molecule has 0 spiro atoms. The third-order valence-electron chi connectivity index (χ3n) is 2.65. The smallest absolute Gasteiger partial charge is 0.308 e. The van der Waals surface area contributed by atoms with Crippen molar-refractivity contribution >= 4 is 23.3 Å². The Morgan fingerprint density at radius 3 is 2.37 bits per heavy atom. The number of halogens is 1. The summed E-state index contributed by atoms with van der Waals surface area (Å²) in [5.74, 6) is -0.0334. The second-order valence-corrected chi connectivity index (χ2v) is 4.51. The molecule has 0 amide bonds. The van der Waals surface area contributed by atoms with E-state index in [0.717, 1.165) is 16.7 Å². The Kier molecular flexibility index (Phi) is 4.03. The van der Waals surface area contributed by atoms with Gasteiger partial charge in [-0.15, -0.1) is 0 Å². The molecular formula is C16H13ClO2. The molecule has 0 saturated carbocycles. The fraction of sp³-hybridized carbons (Fsp3) is 0.0625. The van der Waals surface area contributed by atoms with E-state index in [-0.39, 0.29) is 5.97 Å². The number of hydrogen-bond acceptors (Lipinski definition) is 2. The zero-order valence-electron chi connectivity index (χ0n) is 10.5. The third-order valence-corrected chi connectivity index (χ3v) is 2.90. The highest BCUT2D eigenvalue weighted by atomic mass is 35.5. The van der Waals surface area contributed by atoms with Gasteiger partial charge in [0.15, 0.2) is 0 Å². The van der Waals surface area contributed by atoms with E-state index >= 15 is 0 Å². The molecule has 0 heterocycles. The van der Waals surface area contributed by atoms with Crippen LogP contribution < -0.4 is 0 Å². The Morgan fingerprint density at radius 2 is 1.74 bits per heavy atom.